The van der Waals surface area contributed by atoms with Crippen LogP contribution >= 0.6 is 0 Å². The summed E-state index contributed by atoms with van der Waals surface area (Å²) in [5, 5.41) is 2.98. The van der Waals surface area contributed by atoms with E-state index in [-0.39, 0.29) is 18.6 Å². The molecule has 1 aromatic carbocycles. The minimum absolute atomic E-state index is 0.0394. The lowest BCUT2D eigenvalue weighted by atomic mass is 10.1. The SMILES string of the molecule is CCN1C(=O)CNC1c1ccc(C(F)(F)F)cc1. The second-order valence-corrected chi connectivity index (χ2v) is 4.08. The van der Waals surface area contributed by atoms with Crippen LogP contribution in [0.1, 0.15) is 24.2 Å². The maximum Gasteiger partial charge on any atom is 0.416 e. The van der Waals surface area contributed by atoms with Crippen molar-refractivity contribution < 1.29 is 18.0 Å². The fourth-order valence-electron chi connectivity index (χ4n) is 2.05. The van der Waals surface area contributed by atoms with E-state index in [4.69, 9.17) is 0 Å². The molecule has 6 heteroatoms. The summed E-state index contributed by atoms with van der Waals surface area (Å²) in [6.45, 7) is 2.58. The zero-order valence-electron chi connectivity index (χ0n) is 9.79. The molecule has 1 unspecified atom stereocenters. The van der Waals surface area contributed by atoms with Crippen LogP contribution in [0.5, 0.6) is 0 Å². The third-order valence-corrected chi connectivity index (χ3v) is 2.97. The summed E-state index contributed by atoms with van der Waals surface area (Å²) in [7, 11) is 0. The third-order valence-electron chi connectivity index (χ3n) is 2.97. The van der Waals surface area contributed by atoms with E-state index in [1.807, 2.05) is 6.92 Å². The van der Waals surface area contributed by atoms with E-state index in [9.17, 15) is 18.0 Å². The van der Waals surface area contributed by atoms with E-state index in [0.717, 1.165) is 12.1 Å². The molecule has 0 aliphatic carbocycles. The molecule has 1 aromatic rings. The molecular weight excluding hydrogens is 245 g/mol. The van der Waals surface area contributed by atoms with Crippen LogP contribution in [-0.4, -0.2) is 23.9 Å². The van der Waals surface area contributed by atoms with Gasteiger partial charge in [-0.1, -0.05) is 12.1 Å². The van der Waals surface area contributed by atoms with Crippen LogP contribution in [0.15, 0.2) is 24.3 Å². The Morgan fingerprint density at radius 3 is 2.44 bits per heavy atom. The summed E-state index contributed by atoms with van der Waals surface area (Å²) < 4.78 is 37.3. The largest absolute Gasteiger partial charge is 0.416 e. The van der Waals surface area contributed by atoms with Crippen molar-refractivity contribution in [2.45, 2.75) is 19.3 Å². The Labute approximate surface area is 103 Å². The lowest BCUT2D eigenvalue weighted by Gasteiger charge is -2.23. The monoisotopic (exact) mass is 258 g/mol. The van der Waals surface area contributed by atoms with Crippen LogP contribution in [0, 0.1) is 0 Å². The highest BCUT2D eigenvalue weighted by atomic mass is 19.4. The summed E-state index contributed by atoms with van der Waals surface area (Å²) in [5.41, 5.74) is -0.0191. The Bertz CT molecular complexity index is 442. The molecule has 98 valence electrons. The molecule has 0 bridgehead atoms. The second-order valence-electron chi connectivity index (χ2n) is 4.08. The van der Waals surface area contributed by atoms with Gasteiger partial charge < -0.3 is 4.90 Å². The quantitative estimate of drug-likeness (QED) is 0.881. The number of carbonyl (C=O) groups excluding carboxylic acids is 1. The summed E-state index contributed by atoms with van der Waals surface area (Å²) in [5.74, 6) is -0.0394. The van der Waals surface area contributed by atoms with Gasteiger partial charge in [-0.2, -0.15) is 13.2 Å². The summed E-state index contributed by atoms with van der Waals surface area (Å²) in [4.78, 5) is 13.1. The van der Waals surface area contributed by atoms with Gasteiger partial charge in [-0.25, -0.2) is 0 Å². The van der Waals surface area contributed by atoms with E-state index in [1.54, 1.807) is 4.90 Å². The number of likely N-dealkylation sites (N-methyl/N-ethyl adjacent to an activating group) is 1. The van der Waals surface area contributed by atoms with Gasteiger partial charge in [-0.05, 0) is 24.6 Å². The second kappa shape index (κ2) is 4.61. The van der Waals surface area contributed by atoms with E-state index in [2.05, 4.69) is 5.32 Å². The van der Waals surface area contributed by atoms with Gasteiger partial charge in [0.05, 0.1) is 12.1 Å². The van der Waals surface area contributed by atoms with Gasteiger partial charge in [0, 0.05) is 6.54 Å². The lowest BCUT2D eigenvalue weighted by Crippen LogP contribution is -2.29. The van der Waals surface area contributed by atoms with Crippen molar-refractivity contribution in [3.05, 3.63) is 35.4 Å². The highest BCUT2D eigenvalue weighted by Gasteiger charge is 2.32. The number of nitrogens with one attached hydrogen (secondary N) is 1. The number of halogens is 3. The van der Waals surface area contributed by atoms with E-state index in [1.165, 1.54) is 12.1 Å². The fourth-order valence-corrected chi connectivity index (χ4v) is 2.05. The Balaban J connectivity index is 2.22. The van der Waals surface area contributed by atoms with Gasteiger partial charge in [-0.15, -0.1) is 0 Å². The van der Waals surface area contributed by atoms with Crippen molar-refractivity contribution in [1.29, 1.82) is 0 Å². The highest BCUT2D eigenvalue weighted by Crippen LogP contribution is 2.30. The van der Waals surface area contributed by atoms with Crippen molar-refractivity contribution in [3.63, 3.8) is 0 Å². The Morgan fingerprint density at radius 1 is 1.33 bits per heavy atom. The molecule has 1 fully saturated rings. The number of carbonyl (C=O) groups is 1. The van der Waals surface area contributed by atoms with Gasteiger partial charge in [0.1, 0.15) is 6.17 Å². The van der Waals surface area contributed by atoms with Crippen molar-refractivity contribution in [2.24, 2.45) is 0 Å². The first kappa shape index (κ1) is 12.9. The lowest BCUT2D eigenvalue weighted by molar-refractivity contribution is -0.137. The number of amides is 1. The topological polar surface area (TPSA) is 32.3 Å². The predicted octanol–water partition coefficient (Wildman–Crippen LogP) is 2.16. The molecule has 0 spiro atoms. The standard InChI is InChI=1S/C12H13F3N2O/c1-2-17-10(18)7-16-11(17)8-3-5-9(6-4-8)12(13,14)15/h3-6,11,16H,2,7H2,1H3. The minimum Gasteiger partial charge on any atom is -0.322 e. The molecule has 1 amide bonds. The Hall–Kier alpha value is -1.56. The van der Waals surface area contributed by atoms with Crippen LogP contribution < -0.4 is 5.32 Å². The Morgan fingerprint density at radius 2 is 1.94 bits per heavy atom. The smallest absolute Gasteiger partial charge is 0.322 e. The van der Waals surface area contributed by atoms with Gasteiger partial charge >= 0.3 is 6.18 Å². The molecule has 0 radical (unpaired) electrons. The molecule has 1 atom stereocenters. The number of hydrogen-bond acceptors (Lipinski definition) is 2. The zero-order chi connectivity index (χ0) is 13.3. The molecule has 1 N–H and O–H groups in total. The maximum absolute atomic E-state index is 12.4. The number of nitrogens with zero attached hydrogens (tertiary/aromatic N) is 1. The maximum atomic E-state index is 12.4. The van der Waals surface area contributed by atoms with Crippen molar-refractivity contribution >= 4 is 5.91 Å². The molecular formula is C12H13F3N2O. The first-order chi connectivity index (χ1) is 8.43. The molecule has 1 aliphatic rings. The molecule has 2 rings (SSSR count). The molecule has 0 saturated carbocycles. The summed E-state index contributed by atoms with van der Waals surface area (Å²) >= 11 is 0. The van der Waals surface area contributed by atoms with Crippen LogP contribution in [0.25, 0.3) is 0 Å². The van der Waals surface area contributed by atoms with Crippen LogP contribution in [0.3, 0.4) is 0 Å². The average molecular weight is 258 g/mol. The van der Waals surface area contributed by atoms with Crippen LogP contribution in [0.2, 0.25) is 0 Å². The van der Waals surface area contributed by atoms with E-state index >= 15 is 0 Å². The van der Waals surface area contributed by atoms with Crippen LogP contribution in [0.4, 0.5) is 13.2 Å². The van der Waals surface area contributed by atoms with Crippen molar-refractivity contribution in [3.8, 4) is 0 Å². The normalized spacial score (nSPS) is 20.6. The van der Waals surface area contributed by atoms with Crippen molar-refractivity contribution in [1.82, 2.24) is 10.2 Å². The molecule has 0 aromatic heterocycles. The van der Waals surface area contributed by atoms with Gasteiger partial charge in [0.2, 0.25) is 5.91 Å². The average Bonchev–Trinajstić information content (AvgIpc) is 2.69. The van der Waals surface area contributed by atoms with Crippen molar-refractivity contribution in [2.75, 3.05) is 13.1 Å². The minimum atomic E-state index is -4.33. The zero-order valence-corrected chi connectivity index (χ0v) is 9.79. The highest BCUT2D eigenvalue weighted by molar-refractivity contribution is 5.80. The molecule has 1 saturated heterocycles. The molecule has 1 heterocycles. The van der Waals surface area contributed by atoms with E-state index < -0.39 is 11.7 Å². The first-order valence-corrected chi connectivity index (χ1v) is 5.63. The van der Waals surface area contributed by atoms with Crippen LogP contribution in [-0.2, 0) is 11.0 Å². The molecule has 1 aliphatic heterocycles. The van der Waals surface area contributed by atoms with Gasteiger partial charge in [0.25, 0.3) is 0 Å². The van der Waals surface area contributed by atoms with Gasteiger partial charge in [0.15, 0.2) is 0 Å². The number of alkyl halides is 3. The molecule has 18 heavy (non-hydrogen) atoms. The number of benzene rings is 1. The Kier molecular flexibility index (Phi) is 3.30. The third kappa shape index (κ3) is 2.33. The fraction of sp³-hybridized carbons (Fsp3) is 0.417. The molecule has 3 nitrogen and oxygen atoms in total. The van der Waals surface area contributed by atoms with E-state index in [0.29, 0.717) is 12.1 Å². The van der Waals surface area contributed by atoms with Gasteiger partial charge in [-0.3, -0.25) is 10.1 Å². The summed E-state index contributed by atoms with van der Waals surface area (Å²) in [6.07, 6.45) is -4.66. The first-order valence-electron chi connectivity index (χ1n) is 5.63. The summed E-state index contributed by atoms with van der Waals surface area (Å²) in [6, 6.07) is 4.88. The number of rotatable bonds is 2. The number of hydrogen-bond donors (Lipinski definition) is 1. The predicted molar refractivity (Wildman–Crippen MR) is 59.6 cm³/mol.